The van der Waals surface area contributed by atoms with Crippen molar-refractivity contribution in [1.82, 2.24) is 4.90 Å². The van der Waals surface area contributed by atoms with Gasteiger partial charge in [-0.15, -0.1) is 0 Å². The Balaban J connectivity index is 1.97. The van der Waals surface area contributed by atoms with E-state index < -0.39 is 0 Å². The predicted molar refractivity (Wildman–Crippen MR) is 99.7 cm³/mol. The molecular weight excluding hydrogens is 296 g/mol. The molecule has 2 unspecified atom stereocenters. The molecule has 0 aliphatic rings. The summed E-state index contributed by atoms with van der Waals surface area (Å²) in [7, 11) is 1.89. The van der Waals surface area contributed by atoms with E-state index in [4.69, 9.17) is 5.73 Å². The number of aryl methyl sites for hydroxylation is 1. The first kappa shape index (κ1) is 18.2. The van der Waals surface area contributed by atoms with E-state index in [1.54, 1.807) is 0 Å². The summed E-state index contributed by atoms with van der Waals surface area (Å²) in [6.07, 6.45) is 2.14. The Labute approximate surface area is 145 Å². The van der Waals surface area contributed by atoms with E-state index in [1.807, 2.05) is 42.3 Å². The Bertz CT molecular complexity index is 637. The lowest BCUT2D eigenvalue weighted by Crippen LogP contribution is -2.39. The van der Waals surface area contributed by atoms with Crippen molar-refractivity contribution in [2.45, 2.75) is 45.2 Å². The van der Waals surface area contributed by atoms with Gasteiger partial charge < -0.3 is 10.6 Å². The van der Waals surface area contributed by atoms with E-state index in [2.05, 4.69) is 38.1 Å². The number of carbonyl (C=O) groups excluding carboxylic acids is 1. The third-order valence-corrected chi connectivity index (χ3v) is 4.63. The van der Waals surface area contributed by atoms with Gasteiger partial charge in [0.2, 0.25) is 5.91 Å². The minimum Gasteiger partial charge on any atom is -0.342 e. The van der Waals surface area contributed by atoms with Crippen LogP contribution in [0.2, 0.25) is 0 Å². The van der Waals surface area contributed by atoms with Gasteiger partial charge in [-0.25, -0.2) is 0 Å². The van der Waals surface area contributed by atoms with Crippen molar-refractivity contribution in [3.05, 3.63) is 71.3 Å². The van der Waals surface area contributed by atoms with Gasteiger partial charge in [0, 0.05) is 25.6 Å². The molecule has 0 spiro atoms. The molecule has 128 valence electrons. The summed E-state index contributed by atoms with van der Waals surface area (Å²) >= 11 is 0. The Hall–Kier alpha value is -2.13. The normalized spacial score (nSPS) is 13.3. The van der Waals surface area contributed by atoms with Crippen molar-refractivity contribution in [1.29, 1.82) is 0 Å². The lowest BCUT2D eigenvalue weighted by Gasteiger charge is -2.28. The second kappa shape index (κ2) is 8.65. The number of nitrogens with two attached hydrogens (primary N) is 1. The Morgan fingerprint density at radius 2 is 1.71 bits per heavy atom. The van der Waals surface area contributed by atoms with Crippen LogP contribution < -0.4 is 5.73 Å². The number of nitrogens with zero attached hydrogens (tertiary/aromatic N) is 1. The average molecular weight is 324 g/mol. The minimum absolute atomic E-state index is 0.102. The zero-order chi connectivity index (χ0) is 17.5. The van der Waals surface area contributed by atoms with Crippen molar-refractivity contribution in [2.24, 2.45) is 5.73 Å². The molecule has 0 saturated heterocycles. The molecule has 24 heavy (non-hydrogen) atoms. The lowest BCUT2D eigenvalue weighted by molar-refractivity contribution is -0.132. The number of likely N-dealkylation sites (N-methyl/N-ethyl adjacent to an activating group) is 1. The fraction of sp³-hybridized carbons (Fsp3) is 0.381. The third-order valence-electron chi connectivity index (χ3n) is 4.63. The van der Waals surface area contributed by atoms with E-state index in [-0.39, 0.29) is 18.0 Å². The molecule has 2 atom stereocenters. The second-order valence-corrected chi connectivity index (χ2v) is 6.48. The molecule has 0 aliphatic carbocycles. The minimum atomic E-state index is -0.252. The summed E-state index contributed by atoms with van der Waals surface area (Å²) in [4.78, 5) is 14.5. The molecule has 0 aromatic heterocycles. The van der Waals surface area contributed by atoms with Crippen LogP contribution in [0, 0.1) is 6.92 Å². The molecule has 2 aromatic rings. The molecule has 2 rings (SSSR count). The number of amides is 1. The van der Waals surface area contributed by atoms with Gasteiger partial charge >= 0.3 is 0 Å². The van der Waals surface area contributed by atoms with Gasteiger partial charge in [0.1, 0.15) is 0 Å². The number of rotatable bonds is 7. The molecule has 0 saturated carbocycles. The van der Waals surface area contributed by atoms with Crippen molar-refractivity contribution in [3.8, 4) is 0 Å². The molecule has 2 aromatic carbocycles. The van der Waals surface area contributed by atoms with Gasteiger partial charge in [0.05, 0.1) is 0 Å². The van der Waals surface area contributed by atoms with Crippen LogP contribution >= 0.6 is 0 Å². The molecule has 0 aliphatic heterocycles. The van der Waals surface area contributed by atoms with E-state index >= 15 is 0 Å². The number of benzene rings is 2. The highest BCUT2D eigenvalue weighted by Crippen LogP contribution is 2.18. The molecule has 3 nitrogen and oxygen atoms in total. The fourth-order valence-corrected chi connectivity index (χ4v) is 2.91. The van der Waals surface area contributed by atoms with Crippen LogP contribution in [0.15, 0.2) is 54.6 Å². The van der Waals surface area contributed by atoms with E-state index in [0.717, 1.165) is 18.4 Å². The fourth-order valence-electron chi connectivity index (χ4n) is 2.91. The van der Waals surface area contributed by atoms with Gasteiger partial charge in [0.15, 0.2) is 0 Å². The molecule has 0 heterocycles. The quantitative estimate of drug-likeness (QED) is 0.840. The van der Waals surface area contributed by atoms with E-state index in [1.165, 1.54) is 11.1 Å². The van der Waals surface area contributed by atoms with Gasteiger partial charge in [-0.1, -0.05) is 67.1 Å². The van der Waals surface area contributed by atoms with E-state index in [9.17, 15) is 4.79 Å². The summed E-state index contributed by atoms with van der Waals surface area (Å²) in [5.74, 6) is 0.102. The largest absolute Gasteiger partial charge is 0.342 e. The SMILES string of the molecule is CCC(Cc1ccc(C)cc1)N(C)C(=O)CC(N)c1ccccc1. The van der Waals surface area contributed by atoms with Crippen LogP contribution in [0.5, 0.6) is 0 Å². The van der Waals surface area contributed by atoms with Crippen molar-refractivity contribution >= 4 is 5.91 Å². The maximum Gasteiger partial charge on any atom is 0.224 e. The highest BCUT2D eigenvalue weighted by molar-refractivity contribution is 5.77. The summed E-state index contributed by atoms with van der Waals surface area (Å²) in [6, 6.07) is 18.3. The maximum atomic E-state index is 12.6. The number of carbonyl (C=O) groups is 1. The average Bonchev–Trinajstić information content (AvgIpc) is 2.61. The summed E-state index contributed by atoms with van der Waals surface area (Å²) < 4.78 is 0. The maximum absolute atomic E-state index is 12.6. The first-order valence-electron chi connectivity index (χ1n) is 8.63. The predicted octanol–water partition coefficient (Wildman–Crippen LogP) is 3.86. The van der Waals surface area contributed by atoms with Gasteiger partial charge in [-0.3, -0.25) is 4.79 Å². The summed E-state index contributed by atoms with van der Waals surface area (Å²) in [5, 5.41) is 0. The molecule has 2 N–H and O–H groups in total. The summed E-state index contributed by atoms with van der Waals surface area (Å²) in [6.45, 7) is 4.21. The van der Waals surface area contributed by atoms with Gasteiger partial charge in [-0.05, 0) is 30.9 Å². The zero-order valence-corrected chi connectivity index (χ0v) is 14.9. The van der Waals surface area contributed by atoms with Gasteiger partial charge in [-0.2, -0.15) is 0 Å². The van der Waals surface area contributed by atoms with Crippen LogP contribution in [0.1, 0.15) is 42.5 Å². The molecule has 0 bridgehead atoms. The summed E-state index contributed by atoms with van der Waals surface area (Å²) in [5.41, 5.74) is 9.72. The molecule has 1 amide bonds. The van der Waals surface area contributed by atoms with Crippen LogP contribution in [-0.2, 0) is 11.2 Å². The third kappa shape index (κ3) is 4.93. The highest BCUT2D eigenvalue weighted by Gasteiger charge is 2.21. The van der Waals surface area contributed by atoms with Crippen LogP contribution in [0.4, 0.5) is 0 Å². The zero-order valence-electron chi connectivity index (χ0n) is 14.9. The van der Waals surface area contributed by atoms with E-state index in [0.29, 0.717) is 6.42 Å². The Morgan fingerprint density at radius 3 is 2.29 bits per heavy atom. The monoisotopic (exact) mass is 324 g/mol. The topological polar surface area (TPSA) is 46.3 Å². The second-order valence-electron chi connectivity index (χ2n) is 6.48. The standard InChI is InChI=1S/C21H28N2O/c1-4-19(14-17-12-10-16(2)11-13-17)23(3)21(24)15-20(22)18-8-6-5-7-9-18/h5-13,19-20H,4,14-15,22H2,1-3H3. The number of hydrogen-bond donors (Lipinski definition) is 1. The Kier molecular flexibility index (Phi) is 6.56. The molecular formula is C21H28N2O. The highest BCUT2D eigenvalue weighted by atomic mass is 16.2. The first-order chi connectivity index (χ1) is 11.5. The van der Waals surface area contributed by atoms with Crippen molar-refractivity contribution in [2.75, 3.05) is 7.05 Å². The van der Waals surface area contributed by atoms with Crippen LogP contribution in [-0.4, -0.2) is 23.9 Å². The van der Waals surface area contributed by atoms with Crippen molar-refractivity contribution < 1.29 is 4.79 Å². The van der Waals surface area contributed by atoms with Gasteiger partial charge in [0.25, 0.3) is 0 Å². The molecule has 0 radical (unpaired) electrons. The smallest absolute Gasteiger partial charge is 0.224 e. The van der Waals surface area contributed by atoms with Crippen LogP contribution in [0.25, 0.3) is 0 Å². The molecule has 0 fully saturated rings. The van der Waals surface area contributed by atoms with Crippen LogP contribution in [0.3, 0.4) is 0 Å². The van der Waals surface area contributed by atoms with Crippen molar-refractivity contribution in [3.63, 3.8) is 0 Å². The Morgan fingerprint density at radius 1 is 1.08 bits per heavy atom. The lowest BCUT2D eigenvalue weighted by atomic mass is 10.00. The first-order valence-corrected chi connectivity index (χ1v) is 8.63. The molecule has 3 heteroatoms. The number of hydrogen-bond acceptors (Lipinski definition) is 2.